The molecule has 38 heavy (non-hydrogen) atoms. The molecule has 5 aliphatic rings. The maximum Gasteiger partial charge on any atom is 0.192 e. The van der Waals surface area contributed by atoms with Gasteiger partial charge in [0.1, 0.15) is 0 Å². The molecule has 0 aromatic heterocycles. The molecule has 1 N–H and O–H groups in total. The highest BCUT2D eigenvalue weighted by molar-refractivity contribution is 6.34. The first kappa shape index (κ1) is 27.2. The summed E-state index contributed by atoms with van der Waals surface area (Å²) in [5, 5.41) is 12.9. The first-order chi connectivity index (χ1) is 17.6. The fraction of sp³-hybridized carbons (Fsp3) is 0.606. The van der Waals surface area contributed by atoms with Crippen molar-refractivity contribution in [3.05, 3.63) is 59.2 Å². The Bertz CT molecular complexity index is 1280. The Balaban J connectivity index is 1.94. The lowest BCUT2D eigenvalue weighted by molar-refractivity contribution is -0.324. The monoisotopic (exact) mass is 518 g/mol. The predicted octanol–water partition coefficient (Wildman–Crippen LogP) is 6.26. The number of ketones is 3. The summed E-state index contributed by atoms with van der Waals surface area (Å²) < 4.78 is 6.63. The van der Waals surface area contributed by atoms with Crippen molar-refractivity contribution in [1.29, 1.82) is 0 Å². The molecule has 0 unspecified atom stereocenters. The molecule has 0 radical (unpaired) electrons. The third-order valence-electron chi connectivity index (χ3n) is 10.8. The predicted molar refractivity (Wildman–Crippen MR) is 146 cm³/mol. The third kappa shape index (κ3) is 2.87. The second kappa shape index (κ2) is 8.08. The van der Waals surface area contributed by atoms with Crippen LogP contribution < -0.4 is 0 Å². The van der Waals surface area contributed by atoms with Crippen molar-refractivity contribution in [3.63, 3.8) is 0 Å². The number of aliphatic hydroxyl groups is 1. The van der Waals surface area contributed by atoms with Crippen LogP contribution >= 0.6 is 0 Å². The lowest BCUT2D eigenvalue weighted by Crippen LogP contribution is -2.80. The smallest absolute Gasteiger partial charge is 0.192 e. The van der Waals surface area contributed by atoms with Gasteiger partial charge < -0.3 is 9.84 Å². The van der Waals surface area contributed by atoms with Crippen LogP contribution in [0.2, 0.25) is 0 Å². The number of hydrogen-bond acceptors (Lipinski definition) is 5. The second-order valence-electron chi connectivity index (χ2n) is 13.9. The minimum atomic E-state index is -2.02. The summed E-state index contributed by atoms with van der Waals surface area (Å²) in [4.78, 5) is 45.3. The van der Waals surface area contributed by atoms with Crippen molar-refractivity contribution < 1.29 is 24.2 Å². The van der Waals surface area contributed by atoms with Gasteiger partial charge in [-0.05, 0) is 78.6 Å². The Morgan fingerprint density at radius 1 is 0.947 bits per heavy atom. The molecule has 0 amide bonds. The summed E-state index contributed by atoms with van der Waals surface area (Å²) in [7, 11) is 0. The summed E-state index contributed by atoms with van der Waals surface area (Å²) in [6, 6.07) is 8.76. The second-order valence-corrected chi connectivity index (χ2v) is 13.9. The van der Waals surface area contributed by atoms with Crippen molar-refractivity contribution in [3.8, 4) is 0 Å². The Kier molecular flexibility index (Phi) is 5.78. The first-order valence-electron chi connectivity index (χ1n) is 14.0. The van der Waals surface area contributed by atoms with Crippen molar-refractivity contribution >= 4 is 17.3 Å². The van der Waals surface area contributed by atoms with Crippen molar-refractivity contribution in [2.24, 2.45) is 33.5 Å². The van der Waals surface area contributed by atoms with Crippen LogP contribution in [0.4, 0.5) is 0 Å². The maximum atomic E-state index is 15.4. The fourth-order valence-corrected chi connectivity index (χ4v) is 8.84. The molecule has 6 rings (SSSR count). The van der Waals surface area contributed by atoms with Gasteiger partial charge in [-0.2, -0.15) is 0 Å². The van der Waals surface area contributed by atoms with Gasteiger partial charge in [0.2, 0.25) is 0 Å². The van der Waals surface area contributed by atoms with E-state index in [1.54, 1.807) is 24.3 Å². The topological polar surface area (TPSA) is 80.7 Å². The SMILES string of the molecule is CC(C)=CC[C@]12C[C@@H]3C[C@@H]4C(C)(C)O[C@@]1(O)[C@]4(CC=C(C)C)C(=O)[C@](C(=O)c1ccccc1)(C2=O)C3(C)C. The molecule has 5 nitrogen and oxygen atoms in total. The van der Waals surface area contributed by atoms with Gasteiger partial charge in [0.15, 0.2) is 28.6 Å². The summed E-state index contributed by atoms with van der Waals surface area (Å²) in [6.45, 7) is 15.6. The third-order valence-corrected chi connectivity index (χ3v) is 10.8. The fourth-order valence-electron chi connectivity index (χ4n) is 8.84. The molecule has 1 heterocycles. The van der Waals surface area contributed by atoms with Gasteiger partial charge in [-0.1, -0.05) is 67.5 Å². The highest BCUT2D eigenvalue weighted by Gasteiger charge is 2.92. The minimum absolute atomic E-state index is 0.127. The van der Waals surface area contributed by atoms with Crippen molar-refractivity contribution in [1.82, 2.24) is 0 Å². The Morgan fingerprint density at radius 2 is 1.53 bits per heavy atom. The highest BCUT2D eigenvalue weighted by atomic mass is 16.7. The quantitative estimate of drug-likeness (QED) is 0.273. The lowest BCUT2D eigenvalue weighted by atomic mass is 9.35. The first-order valence-corrected chi connectivity index (χ1v) is 14.0. The molecule has 0 spiro atoms. The number of Topliss-reactive ketones (excluding diaryl/α,β-unsaturated/α-hetero) is 3. The summed E-state index contributed by atoms with van der Waals surface area (Å²) >= 11 is 0. The van der Waals surface area contributed by atoms with E-state index in [0.717, 1.165) is 11.1 Å². The number of allylic oxidation sites excluding steroid dienone is 4. The van der Waals surface area contributed by atoms with E-state index in [0.29, 0.717) is 18.4 Å². The van der Waals surface area contributed by atoms with Crippen LogP contribution in [0.1, 0.15) is 91.4 Å². The largest absolute Gasteiger partial charge is 0.364 e. The van der Waals surface area contributed by atoms with E-state index >= 15 is 9.59 Å². The molecule has 1 aromatic carbocycles. The number of rotatable bonds is 6. The molecule has 1 saturated heterocycles. The number of ether oxygens (including phenoxy) is 1. The molecule has 5 heteroatoms. The molecule has 4 aliphatic carbocycles. The van der Waals surface area contributed by atoms with Gasteiger partial charge in [0, 0.05) is 11.5 Å². The summed E-state index contributed by atoms with van der Waals surface area (Å²) in [5.74, 6) is -3.84. The van der Waals surface area contributed by atoms with Gasteiger partial charge >= 0.3 is 0 Å². The molecule has 5 fully saturated rings. The van der Waals surface area contributed by atoms with Crippen molar-refractivity contribution in [2.45, 2.75) is 92.5 Å². The molecule has 6 atom stereocenters. The molecule has 204 valence electrons. The van der Waals surface area contributed by atoms with Crippen LogP contribution in [0, 0.1) is 33.5 Å². The summed E-state index contributed by atoms with van der Waals surface area (Å²) in [5.41, 5.74) is -4.16. The van der Waals surface area contributed by atoms with Crippen LogP contribution in [0.5, 0.6) is 0 Å². The van der Waals surface area contributed by atoms with E-state index in [2.05, 4.69) is 0 Å². The standard InChI is InChI=1S/C33H42O5/c1-20(2)14-16-30-19-23-18-24-29(7,8)38-33(30,37)31(24,17-15-21(3)4)27(36)32(26(30)35,28(23,5)6)25(34)22-12-10-9-11-13-22/h9-15,23-24,37H,16-19H2,1-8H3/t23-,24+,30+,31-,32-,33+/m0/s1. The van der Waals surface area contributed by atoms with E-state index in [1.807, 2.05) is 73.6 Å². The van der Waals surface area contributed by atoms with Gasteiger partial charge in [0.25, 0.3) is 0 Å². The van der Waals surface area contributed by atoms with Crippen LogP contribution in [0.25, 0.3) is 0 Å². The van der Waals surface area contributed by atoms with Crippen LogP contribution in [0.15, 0.2) is 53.6 Å². The van der Waals surface area contributed by atoms with E-state index in [9.17, 15) is 9.90 Å². The normalized spacial score (nSPS) is 39.6. The maximum absolute atomic E-state index is 15.4. The Hall–Kier alpha value is -2.37. The van der Waals surface area contributed by atoms with Gasteiger partial charge in [-0.25, -0.2) is 0 Å². The number of benzene rings is 1. The zero-order chi connectivity index (χ0) is 28.1. The zero-order valence-electron chi connectivity index (χ0n) is 24.1. The molecule has 1 aliphatic heterocycles. The minimum Gasteiger partial charge on any atom is -0.364 e. The highest BCUT2D eigenvalue weighted by Crippen LogP contribution is 2.80. The lowest BCUT2D eigenvalue weighted by Gasteiger charge is -2.65. The van der Waals surface area contributed by atoms with E-state index in [1.165, 1.54) is 0 Å². The molecule has 1 aromatic rings. The molecule has 6 bridgehead atoms. The van der Waals surface area contributed by atoms with E-state index in [4.69, 9.17) is 4.74 Å². The van der Waals surface area contributed by atoms with E-state index < -0.39 is 50.4 Å². The van der Waals surface area contributed by atoms with Crippen LogP contribution in [-0.4, -0.2) is 33.8 Å². The number of carbonyl (C=O) groups is 3. The summed E-state index contributed by atoms with van der Waals surface area (Å²) in [6.07, 6.45) is 5.42. The van der Waals surface area contributed by atoms with E-state index in [-0.39, 0.29) is 24.7 Å². The average Bonchev–Trinajstić information content (AvgIpc) is 2.92. The zero-order valence-corrected chi connectivity index (χ0v) is 24.1. The number of hydrogen-bond donors (Lipinski definition) is 1. The molecular weight excluding hydrogens is 476 g/mol. The van der Waals surface area contributed by atoms with Gasteiger partial charge in [-0.3, -0.25) is 14.4 Å². The van der Waals surface area contributed by atoms with Crippen molar-refractivity contribution in [2.75, 3.05) is 0 Å². The van der Waals surface area contributed by atoms with Gasteiger partial charge in [0.05, 0.1) is 16.4 Å². The molecule has 4 saturated carbocycles. The average molecular weight is 519 g/mol. The van der Waals surface area contributed by atoms with Crippen LogP contribution in [0.3, 0.4) is 0 Å². The van der Waals surface area contributed by atoms with Crippen LogP contribution in [-0.2, 0) is 14.3 Å². The molecular formula is C33H42O5. The number of carbonyl (C=O) groups excluding carboxylic acids is 3. The Labute approximate surface area is 226 Å². The Morgan fingerprint density at radius 3 is 2.11 bits per heavy atom. The van der Waals surface area contributed by atoms with Gasteiger partial charge in [-0.15, -0.1) is 0 Å².